The highest BCUT2D eigenvalue weighted by atomic mass is 16.5. The molecule has 13 nitrogen and oxygen atoms in total. The van der Waals surface area contributed by atoms with Gasteiger partial charge in [0.25, 0.3) is 0 Å². The Morgan fingerprint density at radius 2 is 0.600 bits per heavy atom. The van der Waals surface area contributed by atoms with Gasteiger partial charge in [-0.25, -0.2) is 0 Å². The molecule has 0 bridgehead atoms. The number of ether oxygens (including phenoxy) is 2. The Balaban J connectivity index is -0.00000113. The molecule has 0 unspecified atom stereocenters. The lowest BCUT2D eigenvalue weighted by Crippen LogP contribution is -2.23. The molecule has 13 heteroatoms. The summed E-state index contributed by atoms with van der Waals surface area (Å²) >= 11 is 0. The van der Waals surface area contributed by atoms with Crippen LogP contribution in [0.3, 0.4) is 0 Å². The molecule has 0 saturated carbocycles. The molecule has 85 heavy (non-hydrogen) atoms. The number of nitrogens with one attached hydrogen (secondary N) is 1. The van der Waals surface area contributed by atoms with Gasteiger partial charge in [-0.2, -0.15) is 9.59 Å². The second kappa shape index (κ2) is 82.9. The number of Topliss-reactive ketones (excluding diaryl/α,β-unsaturated/α-hetero) is 1. The zero-order valence-electron chi connectivity index (χ0n) is 56.2. The number of esters is 2. The van der Waals surface area contributed by atoms with Gasteiger partial charge in [-0.1, -0.05) is 278 Å². The molecule has 0 aliphatic rings. The summed E-state index contributed by atoms with van der Waals surface area (Å²) in [5.74, 6) is -0.139. The van der Waals surface area contributed by atoms with E-state index in [-0.39, 0.29) is 24.0 Å². The van der Waals surface area contributed by atoms with Crippen molar-refractivity contribution in [1.82, 2.24) is 5.32 Å². The molecular weight excluding hydrogens is 1070 g/mol. The van der Waals surface area contributed by atoms with Crippen LogP contribution in [0.25, 0.3) is 0 Å². The Labute approximate surface area is 524 Å². The van der Waals surface area contributed by atoms with Crippen LogP contribution in [0.4, 0.5) is 0 Å². The van der Waals surface area contributed by atoms with E-state index >= 15 is 0 Å². The summed E-state index contributed by atoms with van der Waals surface area (Å²) in [4.78, 5) is 74.8. The molecule has 0 aliphatic heterocycles. The number of hydrogen-bond acceptors (Lipinski definition) is 11. The van der Waals surface area contributed by atoms with Crippen LogP contribution in [0.15, 0.2) is 0 Å². The van der Waals surface area contributed by atoms with Crippen LogP contribution in [0.5, 0.6) is 0 Å². The van der Waals surface area contributed by atoms with Crippen molar-refractivity contribution < 1.29 is 53.2 Å². The first-order chi connectivity index (χ1) is 41.6. The number of hydrogen-bond donors (Lipinski definition) is 4. The topological polar surface area (TPSA) is 216 Å². The van der Waals surface area contributed by atoms with Gasteiger partial charge < -0.3 is 30.7 Å². The maximum Gasteiger partial charge on any atom is 0.373 e. The largest absolute Gasteiger partial charge is 0.481 e. The third-order valence-electron chi connectivity index (χ3n) is 15.7. The second-order valence-electron chi connectivity index (χ2n) is 24.1. The van der Waals surface area contributed by atoms with Crippen LogP contribution in [0, 0.1) is 0 Å². The standard InChI is InChI=1S/C54H103NO6.C11H22O2.C6H15NO.CO2/c1-3-5-7-9-11-13-15-21-27-35-43-51(56)44-36-28-22-16-18-24-30-38-47-54(59)61-50-42-34-32-40-48-55-52(57)45-37-29-23-17-19-25-31-39-46-53(58)60-49-41-33-26-20-14-12-10-8-6-4-2;1-2-3-4-5-6-7-8-9-10-11(12)13;7-5-3-1-2-4-6-8;2-1-3/h3-50H2,1-2H3,(H,55,57);2-10H2,1H3,(H,12,13);8H,1-7H2;. The normalized spacial score (nSPS) is 10.6. The number of aliphatic hydroxyl groups excluding tert-OH is 1. The zero-order valence-corrected chi connectivity index (χ0v) is 56.2. The van der Waals surface area contributed by atoms with E-state index in [1.807, 2.05) is 0 Å². The van der Waals surface area contributed by atoms with Crippen molar-refractivity contribution in [1.29, 1.82) is 0 Å². The molecule has 0 rings (SSSR count). The SMILES string of the molecule is CCCCCCCCCCC(=O)O.CCCCCCCCCCCCOC(=O)CCCCCCCCCCC(=O)NCCCCCCOC(=O)CCCCCCCCCCC(=O)CCCCCCCCCCCC.NCCCCCCO.O=C=O. The van der Waals surface area contributed by atoms with Crippen LogP contribution < -0.4 is 11.1 Å². The van der Waals surface area contributed by atoms with Crippen LogP contribution in [0.2, 0.25) is 0 Å². The predicted octanol–water partition coefficient (Wildman–Crippen LogP) is 19.9. The fourth-order valence-electron chi connectivity index (χ4n) is 10.2. The predicted molar refractivity (Wildman–Crippen MR) is 354 cm³/mol. The first kappa shape index (κ1) is 88.3. The lowest BCUT2D eigenvalue weighted by atomic mass is 10.0. The van der Waals surface area contributed by atoms with E-state index in [4.69, 9.17) is 35.0 Å². The van der Waals surface area contributed by atoms with Crippen LogP contribution >= 0.6 is 0 Å². The molecule has 0 heterocycles. The van der Waals surface area contributed by atoms with Crippen molar-refractivity contribution in [2.24, 2.45) is 5.73 Å². The van der Waals surface area contributed by atoms with Gasteiger partial charge in [-0.3, -0.25) is 24.0 Å². The summed E-state index contributed by atoms with van der Waals surface area (Å²) in [6.07, 6.45) is 65.7. The minimum absolute atomic E-state index is 0.0298. The number of aliphatic carboxylic acids is 1. The molecule has 0 fully saturated rings. The number of carboxylic acid groups (broad SMARTS) is 1. The molecule has 5 N–H and O–H groups in total. The quantitative estimate of drug-likeness (QED) is 0.0330. The van der Waals surface area contributed by atoms with E-state index in [0.29, 0.717) is 51.3 Å². The van der Waals surface area contributed by atoms with Gasteiger partial charge in [-0.05, 0) is 83.6 Å². The van der Waals surface area contributed by atoms with Gasteiger partial charge in [0.2, 0.25) is 5.91 Å². The van der Waals surface area contributed by atoms with Crippen molar-refractivity contribution in [2.45, 2.75) is 393 Å². The summed E-state index contributed by atoms with van der Waals surface area (Å²) < 4.78 is 10.8. The third-order valence-corrected chi connectivity index (χ3v) is 15.7. The zero-order chi connectivity index (χ0) is 63.3. The highest BCUT2D eigenvalue weighted by molar-refractivity contribution is 5.78. The highest BCUT2D eigenvalue weighted by Crippen LogP contribution is 2.17. The summed E-state index contributed by atoms with van der Waals surface area (Å²) in [5, 5.41) is 19.8. The Bertz CT molecular complexity index is 1390. The third kappa shape index (κ3) is 92.2. The minimum Gasteiger partial charge on any atom is -0.481 e. The van der Waals surface area contributed by atoms with E-state index in [2.05, 4.69) is 26.1 Å². The molecule has 0 aromatic rings. The smallest absolute Gasteiger partial charge is 0.373 e. The molecule has 0 saturated heterocycles. The Hall–Kier alpha value is -3.15. The molecule has 504 valence electrons. The monoisotopic (exact) mass is 1210 g/mol. The summed E-state index contributed by atoms with van der Waals surface area (Å²) in [5.41, 5.74) is 5.25. The molecular formula is C72H140N2O11. The second-order valence-corrected chi connectivity index (χ2v) is 24.1. The van der Waals surface area contributed by atoms with Gasteiger partial charge in [0.1, 0.15) is 5.78 Å². The average Bonchev–Trinajstić information content (AvgIpc) is 3.48. The number of carbonyl (C=O) groups excluding carboxylic acids is 6. The molecule has 0 aromatic carbocycles. The van der Waals surface area contributed by atoms with E-state index in [1.54, 1.807) is 0 Å². The van der Waals surface area contributed by atoms with Crippen molar-refractivity contribution in [3.05, 3.63) is 0 Å². The molecule has 0 radical (unpaired) electrons. The number of rotatable bonds is 65. The maximum absolute atomic E-state index is 12.2. The van der Waals surface area contributed by atoms with E-state index in [0.717, 1.165) is 154 Å². The number of ketones is 1. The number of amides is 1. The number of carboxylic acids is 1. The number of carbonyl (C=O) groups is 5. The Morgan fingerprint density at radius 3 is 0.918 bits per heavy atom. The Morgan fingerprint density at radius 1 is 0.341 bits per heavy atom. The lowest BCUT2D eigenvalue weighted by Gasteiger charge is -2.07. The number of aliphatic hydroxyl groups is 1. The van der Waals surface area contributed by atoms with Gasteiger partial charge in [0.15, 0.2) is 0 Å². The van der Waals surface area contributed by atoms with E-state index in [9.17, 15) is 24.0 Å². The van der Waals surface area contributed by atoms with Crippen molar-refractivity contribution in [3.63, 3.8) is 0 Å². The fourth-order valence-corrected chi connectivity index (χ4v) is 10.2. The van der Waals surface area contributed by atoms with Crippen molar-refractivity contribution >= 4 is 35.7 Å². The molecule has 0 aliphatic carbocycles. The van der Waals surface area contributed by atoms with Gasteiger partial charge in [-0.15, -0.1) is 0 Å². The maximum atomic E-state index is 12.2. The molecule has 0 aromatic heterocycles. The van der Waals surface area contributed by atoms with Gasteiger partial charge in [0, 0.05) is 51.7 Å². The van der Waals surface area contributed by atoms with Crippen molar-refractivity contribution in [3.8, 4) is 0 Å². The molecule has 1 amide bonds. The average molecular weight is 1210 g/mol. The highest BCUT2D eigenvalue weighted by Gasteiger charge is 2.07. The van der Waals surface area contributed by atoms with E-state index < -0.39 is 5.97 Å². The molecule has 0 atom stereocenters. The Kier molecular flexibility index (Phi) is 86.1. The number of unbranched alkanes of at least 4 members (excludes halogenated alkanes) is 45. The van der Waals surface area contributed by atoms with Gasteiger partial charge in [0.05, 0.1) is 13.2 Å². The van der Waals surface area contributed by atoms with E-state index in [1.165, 1.54) is 205 Å². The van der Waals surface area contributed by atoms with Gasteiger partial charge >= 0.3 is 24.1 Å². The lowest BCUT2D eigenvalue weighted by molar-refractivity contribution is -0.192. The fraction of sp³-hybridized carbons (Fsp3) is 0.917. The van der Waals surface area contributed by atoms with Crippen LogP contribution in [-0.4, -0.2) is 78.9 Å². The van der Waals surface area contributed by atoms with Crippen LogP contribution in [-0.2, 0) is 43.0 Å². The number of nitrogens with two attached hydrogens (primary N) is 1. The first-order valence-corrected chi connectivity index (χ1v) is 36.2. The summed E-state index contributed by atoms with van der Waals surface area (Å²) in [6, 6.07) is 0. The van der Waals surface area contributed by atoms with Crippen LogP contribution in [0.1, 0.15) is 393 Å². The summed E-state index contributed by atoms with van der Waals surface area (Å²) in [6.45, 7) is 9.66. The molecule has 0 spiro atoms. The first-order valence-electron chi connectivity index (χ1n) is 36.2. The minimum atomic E-state index is -0.661. The van der Waals surface area contributed by atoms with Crippen molar-refractivity contribution in [2.75, 3.05) is 32.9 Å². The summed E-state index contributed by atoms with van der Waals surface area (Å²) in [7, 11) is 0.